The van der Waals surface area contributed by atoms with Crippen LogP contribution in [0.25, 0.3) is 0 Å². The van der Waals surface area contributed by atoms with Gasteiger partial charge in [0.05, 0.1) is 17.8 Å². The molecule has 0 radical (unpaired) electrons. The van der Waals surface area contributed by atoms with E-state index in [-0.39, 0.29) is 30.7 Å². The number of hydrogen-bond donors (Lipinski definition) is 3. The van der Waals surface area contributed by atoms with Gasteiger partial charge < -0.3 is 15.5 Å². The molecule has 3 N–H and O–H groups in total. The first-order valence-electron chi connectivity index (χ1n) is 7.88. The van der Waals surface area contributed by atoms with Crippen LogP contribution in [0.3, 0.4) is 0 Å². The Hall–Kier alpha value is -2.09. The summed E-state index contributed by atoms with van der Waals surface area (Å²) in [6.07, 6.45) is -2.59. The number of carbonyl (C=O) groups excluding carboxylic acids is 2. The lowest BCUT2D eigenvalue weighted by molar-refractivity contribution is -0.881. The number of rotatable bonds is 7. The van der Waals surface area contributed by atoms with Gasteiger partial charge in [-0.2, -0.15) is 13.2 Å². The molecule has 1 fully saturated rings. The summed E-state index contributed by atoms with van der Waals surface area (Å²) in [5, 5.41) is 5.13. The van der Waals surface area contributed by atoms with E-state index in [0.717, 1.165) is 18.9 Å². The lowest BCUT2D eigenvalue weighted by atomic mass is 10.1. The number of para-hydroxylation sites is 1. The molecule has 0 saturated heterocycles. The molecule has 2 amide bonds. The van der Waals surface area contributed by atoms with Crippen LogP contribution < -0.4 is 15.5 Å². The Labute approximate surface area is 138 Å². The van der Waals surface area contributed by atoms with Crippen LogP contribution in [0.15, 0.2) is 24.3 Å². The molecule has 5 nitrogen and oxygen atoms in total. The predicted molar refractivity (Wildman–Crippen MR) is 82.5 cm³/mol. The number of quaternary nitrogens is 1. The van der Waals surface area contributed by atoms with E-state index < -0.39 is 17.6 Å². The molecule has 24 heavy (non-hydrogen) atoms. The van der Waals surface area contributed by atoms with Crippen LogP contribution >= 0.6 is 0 Å². The van der Waals surface area contributed by atoms with Crippen LogP contribution in [0, 0.1) is 0 Å². The summed E-state index contributed by atoms with van der Waals surface area (Å²) in [5.41, 5.74) is -1.16. The Morgan fingerprint density at radius 3 is 2.38 bits per heavy atom. The number of likely N-dealkylation sites (N-methyl/N-ethyl adjacent to an activating group) is 1. The van der Waals surface area contributed by atoms with Gasteiger partial charge in [0.2, 0.25) is 0 Å². The normalized spacial score (nSPS) is 15.7. The van der Waals surface area contributed by atoms with Gasteiger partial charge in [0.15, 0.2) is 13.1 Å². The maximum absolute atomic E-state index is 12.9. The molecule has 132 valence electrons. The van der Waals surface area contributed by atoms with Gasteiger partial charge >= 0.3 is 6.18 Å². The minimum absolute atomic E-state index is 0.0687. The van der Waals surface area contributed by atoms with Crippen LogP contribution in [-0.2, 0) is 15.8 Å². The molecule has 0 spiro atoms. The van der Waals surface area contributed by atoms with Gasteiger partial charge in [0, 0.05) is 6.04 Å². The molecule has 0 bridgehead atoms. The fourth-order valence-corrected chi connectivity index (χ4v) is 2.31. The zero-order chi connectivity index (χ0) is 17.7. The van der Waals surface area contributed by atoms with Crippen molar-refractivity contribution in [1.29, 1.82) is 0 Å². The van der Waals surface area contributed by atoms with E-state index in [2.05, 4.69) is 10.6 Å². The van der Waals surface area contributed by atoms with Crippen molar-refractivity contribution in [3.63, 3.8) is 0 Å². The largest absolute Gasteiger partial charge is 0.418 e. The van der Waals surface area contributed by atoms with Gasteiger partial charge in [-0.25, -0.2) is 0 Å². The molecular formula is C16H21F3N3O2+. The first-order chi connectivity index (χ1) is 11.3. The van der Waals surface area contributed by atoms with Gasteiger partial charge in [0.25, 0.3) is 11.8 Å². The fourth-order valence-electron chi connectivity index (χ4n) is 2.31. The van der Waals surface area contributed by atoms with E-state index >= 15 is 0 Å². The first-order valence-corrected chi connectivity index (χ1v) is 7.88. The third-order valence-corrected chi connectivity index (χ3v) is 3.77. The number of anilines is 1. The molecule has 1 unspecified atom stereocenters. The van der Waals surface area contributed by atoms with E-state index in [1.165, 1.54) is 18.2 Å². The van der Waals surface area contributed by atoms with Crippen molar-refractivity contribution in [1.82, 2.24) is 5.32 Å². The molecule has 1 aliphatic carbocycles. The second-order valence-corrected chi connectivity index (χ2v) is 5.89. The maximum Gasteiger partial charge on any atom is 0.418 e. The standard InChI is InChI=1S/C16H20F3N3O2/c1-2-22(9-14(23)20-11-7-8-11)10-15(24)21-13-6-4-3-5-12(13)16(17,18)19/h3-6,11H,2,7-10H2,1H3,(H,20,23)(H,21,24)/p+1. The molecule has 8 heteroatoms. The second kappa shape index (κ2) is 7.65. The zero-order valence-corrected chi connectivity index (χ0v) is 13.4. The third kappa shape index (κ3) is 5.52. The van der Waals surface area contributed by atoms with E-state index in [4.69, 9.17) is 0 Å². The number of benzene rings is 1. The van der Waals surface area contributed by atoms with E-state index in [0.29, 0.717) is 11.4 Å². The van der Waals surface area contributed by atoms with Crippen molar-refractivity contribution in [2.24, 2.45) is 0 Å². The minimum Gasteiger partial charge on any atom is -0.348 e. The monoisotopic (exact) mass is 344 g/mol. The van der Waals surface area contributed by atoms with Crippen molar-refractivity contribution in [2.75, 3.05) is 25.0 Å². The molecule has 1 atom stereocenters. The first kappa shape index (κ1) is 18.3. The highest BCUT2D eigenvalue weighted by atomic mass is 19.4. The highest BCUT2D eigenvalue weighted by Crippen LogP contribution is 2.34. The molecule has 0 aromatic heterocycles. The van der Waals surface area contributed by atoms with Gasteiger partial charge in [0.1, 0.15) is 0 Å². The summed E-state index contributed by atoms with van der Waals surface area (Å²) < 4.78 is 38.8. The third-order valence-electron chi connectivity index (χ3n) is 3.77. The molecule has 0 heterocycles. The summed E-state index contributed by atoms with van der Waals surface area (Å²) >= 11 is 0. The lowest BCUT2D eigenvalue weighted by Gasteiger charge is -2.18. The maximum atomic E-state index is 12.9. The highest BCUT2D eigenvalue weighted by molar-refractivity contribution is 5.92. The molecular weight excluding hydrogens is 323 g/mol. The second-order valence-electron chi connectivity index (χ2n) is 5.89. The number of carbonyl (C=O) groups is 2. The zero-order valence-electron chi connectivity index (χ0n) is 13.4. The number of nitrogens with one attached hydrogen (secondary N) is 3. The summed E-state index contributed by atoms with van der Waals surface area (Å²) in [6, 6.07) is 5.07. The van der Waals surface area contributed by atoms with E-state index in [1.807, 2.05) is 6.92 Å². The van der Waals surface area contributed by atoms with Crippen LogP contribution in [0.5, 0.6) is 0 Å². The average molecular weight is 344 g/mol. The number of amides is 2. The topological polar surface area (TPSA) is 62.6 Å². The molecule has 1 aromatic carbocycles. The molecule has 1 saturated carbocycles. The Balaban J connectivity index is 1.92. The molecule has 1 aliphatic rings. The van der Waals surface area contributed by atoms with Crippen molar-refractivity contribution in [2.45, 2.75) is 32.0 Å². The Morgan fingerprint density at radius 1 is 1.17 bits per heavy atom. The number of hydrogen-bond acceptors (Lipinski definition) is 2. The average Bonchev–Trinajstić information content (AvgIpc) is 3.29. The van der Waals surface area contributed by atoms with Crippen LogP contribution in [-0.4, -0.2) is 37.5 Å². The van der Waals surface area contributed by atoms with E-state index in [9.17, 15) is 22.8 Å². The summed E-state index contributed by atoms with van der Waals surface area (Å²) in [7, 11) is 0. The van der Waals surface area contributed by atoms with Gasteiger partial charge in [-0.1, -0.05) is 12.1 Å². The number of alkyl halides is 3. The van der Waals surface area contributed by atoms with Crippen molar-refractivity contribution in [3.8, 4) is 0 Å². The Bertz CT molecular complexity index is 600. The summed E-state index contributed by atoms with van der Waals surface area (Å²) in [5.74, 6) is -0.694. The summed E-state index contributed by atoms with van der Waals surface area (Å²) in [4.78, 5) is 24.5. The van der Waals surface area contributed by atoms with Gasteiger partial charge in [-0.15, -0.1) is 0 Å². The fraction of sp³-hybridized carbons (Fsp3) is 0.500. The van der Waals surface area contributed by atoms with E-state index in [1.54, 1.807) is 0 Å². The molecule has 2 rings (SSSR count). The Morgan fingerprint density at radius 2 is 1.79 bits per heavy atom. The predicted octanol–water partition coefficient (Wildman–Crippen LogP) is 0.827. The Kier molecular flexibility index (Phi) is 5.82. The lowest BCUT2D eigenvalue weighted by Crippen LogP contribution is -3.14. The van der Waals surface area contributed by atoms with Gasteiger partial charge in [-0.3, -0.25) is 9.59 Å². The van der Waals surface area contributed by atoms with Crippen molar-refractivity contribution < 1.29 is 27.7 Å². The smallest absolute Gasteiger partial charge is 0.348 e. The molecule has 0 aliphatic heterocycles. The highest BCUT2D eigenvalue weighted by Gasteiger charge is 2.33. The van der Waals surface area contributed by atoms with Gasteiger partial charge in [-0.05, 0) is 31.9 Å². The van der Waals surface area contributed by atoms with Crippen LogP contribution in [0.2, 0.25) is 0 Å². The van der Waals surface area contributed by atoms with Crippen LogP contribution in [0.4, 0.5) is 18.9 Å². The molecule has 1 aromatic rings. The number of halogens is 3. The van der Waals surface area contributed by atoms with Crippen molar-refractivity contribution in [3.05, 3.63) is 29.8 Å². The SMILES string of the molecule is CC[NH+](CC(=O)Nc1ccccc1C(F)(F)F)CC(=O)NC1CC1. The summed E-state index contributed by atoms with van der Waals surface area (Å²) in [6.45, 7) is 2.39. The van der Waals surface area contributed by atoms with Crippen LogP contribution in [0.1, 0.15) is 25.3 Å². The quantitative estimate of drug-likeness (QED) is 0.686. The van der Waals surface area contributed by atoms with Crippen molar-refractivity contribution >= 4 is 17.5 Å². The minimum atomic E-state index is -4.54.